The lowest BCUT2D eigenvalue weighted by atomic mass is 10.2. The van der Waals surface area contributed by atoms with Crippen LogP contribution in [0.1, 0.15) is 24.4 Å². The summed E-state index contributed by atoms with van der Waals surface area (Å²) < 4.78 is 58.9. The standard InChI is InChI=1S/C20H17ClF4N4O2S/c1-11(31-16-7-6-13(22)9-15(16)21)18-27-28-19(29(18)2)32-10-17(30)26-14-5-3-4-12(8-14)20(23,24)25/h3-9,11H,10H2,1-2H3,(H,26,30). The van der Waals surface area contributed by atoms with Crippen molar-refractivity contribution >= 4 is 35.0 Å². The average molecular weight is 489 g/mol. The maximum Gasteiger partial charge on any atom is 0.416 e. The van der Waals surface area contributed by atoms with Gasteiger partial charge in [-0.2, -0.15) is 13.2 Å². The second kappa shape index (κ2) is 9.78. The number of aromatic nitrogens is 3. The second-order valence-electron chi connectivity index (χ2n) is 6.65. The third-order valence-electron chi connectivity index (χ3n) is 4.24. The van der Waals surface area contributed by atoms with E-state index in [1.807, 2.05) is 0 Å². The van der Waals surface area contributed by atoms with E-state index in [4.69, 9.17) is 16.3 Å². The van der Waals surface area contributed by atoms with Gasteiger partial charge in [-0.1, -0.05) is 29.4 Å². The molecule has 3 rings (SSSR count). The fourth-order valence-electron chi connectivity index (χ4n) is 2.72. The first-order chi connectivity index (χ1) is 15.0. The number of rotatable bonds is 7. The number of anilines is 1. The van der Waals surface area contributed by atoms with Crippen LogP contribution in [0, 0.1) is 5.82 Å². The first kappa shape index (κ1) is 23.9. The van der Waals surface area contributed by atoms with E-state index >= 15 is 0 Å². The molecule has 1 heterocycles. The molecular formula is C20H17ClF4N4O2S. The highest BCUT2D eigenvalue weighted by Gasteiger charge is 2.30. The molecule has 0 aliphatic rings. The second-order valence-corrected chi connectivity index (χ2v) is 8.00. The van der Waals surface area contributed by atoms with Crippen molar-refractivity contribution in [3.8, 4) is 5.75 Å². The van der Waals surface area contributed by atoms with Crippen molar-refractivity contribution in [1.82, 2.24) is 14.8 Å². The van der Waals surface area contributed by atoms with Gasteiger partial charge in [-0.25, -0.2) is 4.39 Å². The van der Waals surface area contributed by atoms with Crippen LogP contribution >= 0.6 is 23.4 Å². The highest BCUT2D eigenvalue weighted by molar-refractivity contribution is 7.99. The lowest BCUT2D eigenvalue weighted by Gasteiger charge is -2.15. The highest BCUT2D eigenvalue weighted by atomic mass is 35.5. The lowest BCUT2D eigenvalue weighted by molar-refractivity contribution is -0.137. The van der Waals surface area contributed by atoms with Gasteiger partial charge in [0, 0.05) is 12.7 Å². The molecule has 2 aromatic carbocycles. The molecule has 0 saturated heterocycles. The third-order valence-corrected chi connectivity index (χ3v) is 5.55. The van der Waals surface area contributed by atoms with Gasteiger partial charge >= 0.3 is 6.18 Å². The monoisotopic (exact) mass is 488 g/mol. The molecular weight excluding hydrogens is 472 g/mol. The number of ether oxygens (including phenoxy) is 1. The van der Waals surface area contributed by atoms with Crippen molar-refractivity contribution in [3.63, 3.8) is 0 Å². The summed E-state index contributed by atoms with van der Waals surface area (Å²) in [6.45, 7) is 1.71. The van der Waals surface area contributed by atoms with E-state index in [-0.39, 0.29) is 22.2 Å². The Morgan fingerprint density at radius 1 is 1.25 bits per heavy atom. The normalized spacial score (nSPS) is 12.5. The van der Waals surface area contributed by atoms with Crippen molar-refractivity contribution in [3.05, 3.63) is 64.7 Å². The molecule has 1 N–H and O–H groups in total. The molecule has 1 unspecified atom stereocenters. The Balaban J connectivity index is 1.60. The fourth-order valence-corrected chi connectivity index (χ4v) is 3.65. The molecule has 0 saturated carbocycles. The Morgan fingerprint density at radius 2 is 2.00 bits per heavy atom. The molecule has 1 amide bonds. The Hall–Kier alpha value is -2.79. The molecule has 0 aliphatic heterocycles. The maximum absolute atomic E-state index is 13.2. The number of carbonyl (C=O) groups excluding carboxylic acids is 1. The quantitative estimate of drug-likeness (QED) is 0.351. The predicted molar refractivity (Wildman–Crippen MR) is 112 cm³/mol. The third kappa shape index (κ3) is 5.92. The fraction of sp³-hybridized carbons (Fsp3) is 0.250. The SMILES string of the molecule is CC(Oc1ccc(F)cc1Cl)c1nnc(SCC(=O)Nc2cccc(C(F)(F)F)c2)n1C. The van der Waals surface area contributed by atoms with Gasteiger partial charge in [0.15, 0.2) is 17.1 Å². The summed E-state index contributed by atoms with van der Waals surface area (Å²) in [5, 5.41) is 11.0. The van der Waals surface area contributed by atoms with Crippen LogP contribution in [0.5, 0.6) is 5.75 Å². The zero-order chi connectivity index (χ0) is 23.5. The minimum Gasteiger partial charge on any atom is -0.481 e. The molecule has 6 nitrogen and oxygen atoms in total. The summed E-state index contributed by atoms with van der Waals surface area (Å²) in [6.07, 6.45) is -5.08. The van der Waals surface area contributed by atoms with Crippen LogP contribution in [-0.2, 0) is 18.0 Å². The molecule has 0 radical (unpaired) electrons. The van der Waals surface area contributed by atoms with Crippen molar-refractivity contribution in [2.24, 2.45) is 7.05 Å². The molecule has 32 heavy (non-hydrogen) atoms. The Kier molecular flexibility index (Phi) is 7.29. The summed E-state index contributed by atoms with van der Waals surface area (Å²) in [6, 6.07) is 8.13. The van der Waals surface area contributed by atoms with Crippen LogP contribution in [-0.4, -0.2) is 26.4 Å². The van der Waals surface area contributed by atoms with Gasteiger partial charge in [-0.05, 0) is 43.3 Å². The van der Waals surface area contributed by atoms with E-state index in [1.54, 1.807) is 18.5 Å². The van der Waals surface area contributed by atoms with Gasteiger partial charge in [-0.3, -0.25) is 4.79 Å². The van der Waals surface area contributed by atoms with Gasteiger partial charge in [-0.15, -0.1) is 10.2 Å². The zero-order valence-electron chi connectivity index (χ0n) is 16.8. The van der Waals surface area contributed by atoms with Crippen LogP contribution < -0.4 is 10.1 Å². The van der Waals surface area contributed by atoms with Gasteiger partial charge < -0.3 is 14.6 Å². The highest BCUT2D eigenvalue weighted by Crippen LogP contribution is 2.31. The molecule has 1 atom stereocenters. The molecule has 0 spiro atoms. The summed E-state index contributed by atoms with van der Waals surface area (Å²) >= 11 is 7.03. The van der Waals surface area contributed by atoms with Crippen molar-refractivity contribution in [2.75, 3.05) is 11.1 Å². The largest absolute Gasteiger partial charge is 0.481 e. The van der Waals surface area contributed by atoms with Gasteiger partial charge in [0.25, 0.3) is 0 Å². The minimum atomic E-state index is -4.50. The molecule has 0 aliphatic carbocycles. The molecule has 12 heteroatoms. The van der Waals surface area contributed by atoms with Crippen LogP contribution in [0.15, 0.2) is 47.6 Å². The zero-order valence-corrected chi connectivity index (χ0v) is 18.4. The molecule has 0 bridgehead atoms. The minimum absolute atomic E-state index is 0.0438. The molecule has 0 fully saturated rings. The van der Waals surface area contributed by atoms with Crippen molar-refractivity contribution < 1.29 is 27.1 Å². The topological polar surface area (TPSA) is 69.0 Å². The van der Waals surface area contributed by atoms with Gasteiger partial charge in [0.1, 0.15) is 11.6 Å². The first-order valence-corrected chi connectivity index (χ1v) is 10.5. The Labute approximate surface area is 189 Å². The van der Waals surface area contributed by atoms with Gasteiger partial charge in [0.05, 0.1) is 16.3 Å². The van der Waals surface area contributed by atoms with E-state index < -0.39 is 29.6 Å². The maximum atomic E-state index is 13.2. The predicted octanol–water partition coefficient (Wildman–Crippen LogP) is 5.50. The van der Waals surface area contributed by atoms with E-state index in [0.717, 1.165) is 30.0 Å². The number of halogens is 5. The number of nitrogens with one attached hydrogen (secondary N) is 1. The number of carbonyl (C=O) groups is 1. The van der Waals surface area contributed by atoms with E-state index in [1.165, 1.54) is 24.3 Å². The molecule has 1 aromatic heterocycles. The number of amides is 1. The smallest absolute Gasteiger partial charge is 0.416 e. The summed E-state index contributed by atoms with van der Waals surface area (Å²) in [4.78, 5) is 12.2. The van der Waals surface area contributed by atoms with E-state index in [0.29, 0.717) is 11.0 Å². The average Bonchev–Trinajstić information content (AvgIpc) is 3.08. The number of hydrogen-bond acceptors (Lipinski definition) is 5. The van der Waals surface area contributed by atoms with Crippen LogP contribution in [0.3, 0.4) is 0 Å². The molecule has 170 valence electrons. The van der Waals surface area contributed by atoms with E-state index in [9.17, 15) is 22.4 Å². The van der Waals surface area contributed by atoms with Crippen molar-refractivity contribution in [1.29, 1.82) is 0 Å². The van der Waals surface area contributed by atoms with Crippen LogP contribution in [0.2, 0.25) is 5.02 Å². The number of thioether (sulfide) groups is 1. The number of alkyl halides is 3. The number of benzene rings is 2. The van der Waals surface area contributed by atoms with Crippen LogP contribution in [0.4, 0.5) is 23.2 Å². The summed E-state index contributed by atoms with van der Waals surface area (Å²) in [5.74, 6) is -0.372. The Bertz CT molecular complexity index is 1120. The van der Waals surface area contributed by atoms with Crippen molar-refractivity contribution in [2.45, 2.75) is 24.4 Å². The summed E-state index contributed by atoms with van der Waals surface area (Å²) in [5.41, 5.74) is -0.807. The van der Waals surface area contributed by atoms with Crippen LogP contribution in [0.25, 0.3) is 0 Å². The number of nitrogens with zero attached hydrogens (tertiary/aromatic N) is 3. The van der Waals surface area contributed by atoms with Gasteiger partial charge in [0.2, 0.25) is 5.91 Å². The molecule has 3 aromatic rings. The summed E-state index contributed by atoms with van der Waals surface area (Å²) in [7, 11) is 1.68. The lowest BCUT2D eigenvalue weighted by Crippen LogP contribution is -2.15. The number of hydrogen-bond donors (Lipinski definition) is 1. The van der Waals surface area contributed by atoms with E-state index in [2.05, 4.69) is 15.5 Å². The first-order valence-electron chi connectivity index (χ1n) is 9.15. The Morgan fingerprint density at radius 3 is 2.69 bits per heavy atom.